The van der Waals surface area contributed by atoms with Gasteiger partial charge in [-0.05, 0) is 48.5 Å². The molecule has 2 aliphatic heterocycles. The van der Waals surface area contributed by atoms with Crippen molar-refractivity contribution < 1.29 is 0 Å². The normalized spacial score (nSPS) is 17.6. The number of nitrogens with two attached hydrogens (primary N) is 1. The predicted molar refractivity (Wildman–Crippen MR) is 262 cm³/mol. The van der Waals surface area contributed by atoms with Gasteiger partial charge in [-0.1, -0.05) is 224 Å². The second-order valence-electron chi connectivity index (χ2n) is 16.3. The minimum absolute atomic E-state index is 0.605. The molecule has 2 aliphatic rings. The highest BCUT2D eigenvalue weighted by atomic mass is 15.7. The molecule has 9 aromatic rings. The lowest BCUT2D eigenvalue weighted by Crippen LogP contribution is -2.74. The van der Waals surface area contributed by atoms with Gasteiger partial charge in [0.1, 0.15) is 11.5 Å². The third kappa shape index (κ3) is 5.57. The summed E-state index contributed by atoms with van der Waals surface area (Å²) in [4.78, 5) is 10.3. The first-order valence-electron chi connectivity index (χ1n) is 21.9. The lowest BCUT2D eigenvalue weighted by atomic mass is 9.77. The number of rotatable bonds is 9. The summed E-state index contributed by atoms with van der Waals surface area (Å²) in [5.74, 6) is 0.605. The number of hydrogen-bond donors (Lipinski definition) is 1. The van der Waals surface area contributed by atoms with Crippen molar-refractivity contribution in [3.8, 4) is 0 Å². The van der Waals surface area contributed by atoms with Gasteiger partial charge < -0.3 is 20.4 Å². The number of nitrogens with zero attached hydrogens (tertiary/aromatic N) is 4. The van der Waals surface area contributed by atoms with Gasteiger partial charge in [0.25, 0.3) is 0 Å². The van der Waals surface area contributed by atoms with Crippen LogP contribution in [0.4, 0.5) is 22.7 Å². The van der Waals surface area contributed by atoms with Crippen molar-refractivity contribution in [3.63, 3.8) is 0 Å². The van der Waals surface area contributed by atoms with Crippen molar-refractivity contribution in [1.29, 1.82) is 0 Å². The van der Waals surface area contributed by atoms with E-state index in [9.17, 15) is 0 Å². The first-order valence-corrected chi connectivity index (χ1v) is 21.9. The molecule has 5 heteroatoms. The van der Waals surface area contributed by atoms with E-state index in [0.717, 1.165) is 56.3 Å². The maximum Gasteiger partial charge on any atom is 0.190 e. The molecule has 1 atom stereocenters. The maximum absolute atomic E-state index is 8.47. The molecule has 64 heavy (non-hydrogen) atoms. The van der Waals surface area contributed by atoms with Crippen LogP contribution in [0.5, 0.6) is 0 Å². The van der Waals surface area contributed by atoms with Gasteiger partial charge in [0.15, 0.2) is 17.0 Å². The minimum Gasteiger partial charge on any atom is -0.383 e. The zero-order chi connectivity index (χ0) is 43.0. The van der Waals surface area contributed by atoms with Gasteiger partial charge in [-0.25, -0.2) is 0 Å². The molecule has 0 aromatic heterocycles. The summed E-state index contributed by atoms with van der Waals surface area (Å²) in [6.45, 7) is 0. The molecule has 0 aliphatic carbocycles. The number of fused-ring (bicyclic) bond motifs is 1. The fourth-order valence-corrected chi connectivity index (χ4v) is 10.7. The van der Waals surface area contributed by atoms with Crippen molar-refractivity contribution in [2.45, 2.75) is 17.0 Å². The molecule has 308 valence electrons. The molecule has 11 rings (SSSR count). The van der Waals surface area contributed by atoms with Crippen LogP contribution in [0.1, 0.15) is 27.8 Å². The van der Waals surface area contributed by atoms with Gasteiger partial charge in [0.2, 0.25) is 0 Å². The Morgan fingerprint density at radius 1 is 0.234 bits per heavy atom. The Hall–Kier alpha value is -8.28. The van der Waals surface area contributed by atoms with Crippen LogP contribution in [0.15, 0.2) is 285 Å². The van der Waals surface area contributed by atoms with Gasteiger partial charge in [0.05, 0.1) is 0 Å². The van der Waals surface area contributed by atoms with Gasteiger partial charge in [-0.2, -0.15) is 0 Å². The highest BCUT2D eigenvalue weighted by Gasteiger charge is 2.74. The average molecular weight is 826 g/mol. The Morgan fingerprint density at radius 3 is 0.750 bits per heavy atom. The average Bonchev–Trinajstić information content (AvgIpc) is 3.68. The van der Waals surface area contributed by atoms with Crippen molar-refractivity contribution in [2.24, 2.45) is 5.73 Å². The smallest absolute Gasteiger partial charge is 0.190 e. The molecule has 0 amide bonds. The highest BCUT2D eigenvalue weighted by Crippen LogP contribution is 2.68. The minimum atomic E-state index is -1.23. The Morgan fingerprint density at radius 2 is 0.453 bits per heavy atom. The lowest BCUT2D eigenvalue weighted by Gasteiger charge is -2.64. The Balaban J connectivity index is 1.49. The van der Waals surface area contributed by atoms with Gasteiger partial charge in [-0.15, -0.1) is 0 Å². The van der Waals surface area contributed by atoms with E-state index >= 15 is 0 Å². The third-order valence-corrected chi connectivity index (χ3v) is 12.9. The molecule has 1 saturated heterocycles. The summed E-state index contributed by atoms with van der Waals surface area (Å²) in [5, 5.41) is 0. The lowest BCUT2D eigenvalue weighted by molar-refractivity contribution is 0.308. The van der Waals surface area contributed by atoms with Crippen LogP contribution in [0.2, 0.25) is 0 Å². The summed E-state index contributed by atoms with van der Waals surface area (Å²) in [6, 6.07) is 98.1. The molecule has 5 nitrogen and oxygen atoms in total. The van der Waals surface area contributed by atoms with E-state index in [2.05, 4.69) is 293 Å². The molecular formula is C59H47N5. The fraction of sp³-hybridized carbons (Fsp3) is 0.0508. The van der Waals surface area contributed by atoms with Crippen LogP contribution in [0.25, 0.3) is 0 Å². The standard InChI is InChI=1S/C59H47N5/c60-56-55-59(50-36-18-5-19-37-50,63(53-42-24-8-25-43-53)57(46-28-10-1-11-29-46,47-30-12-2-13-31-47)61(55)51-38-20-6-21-39-51)64(54-44-26-9-27-45-54)58(48-32-14-3-15-33-48,49-34-16-4-17-35-49)62(56)52-40-22-7-23-41-52/h1-45H,60H2. The maximum atomic E-state index is 8.47. The summed E-state index contributed by atoms with van der Waals surface area (Å²) >= 11 is 0. The van der Waals surface area contributed by atoms with Gasteiger partial charge in [-0.3, -0.25) is 4.90 Å². The zero-order valence-corrected chi connectivity index (χ0v) is 35.3. The first kappa shape index (κ1) is 38.6. The van der Waals surface area contributed by atoms with Crippen molar-refractivity contribution in [3.05, 3.63) is 312 Å². The van der Waals surface area contributed by atoms with Crippen LogP contribution in [0.3, 0.4) is 0 Å². The van der Waals surface area contributed by atoms with Crippen LogP contribution >= 0.6 is 0 Å². The topological polar surface area (TPSA) is 39.0 Å². The number of anilines is 4. The zero-order valence-electron chi connectivity index (χ0n) is 35.3. The molecule has 2 heterocycles. The van der Waals surface area contributed by atoms with Crippen LogP contribution in [-0.4, -0.2) is 0 Å². The summed E-state index contributed by atoms with van der Waals surface area (Å²) < 4.78 is 0. The summed E-state index contributed by atoms with van der Waals surface area (Å²) in [7, 11) is 0. The number of para-hydroxylation sites is 4. The van der Waals surface area contributed by atoms with Crippen LogP contribution in [0, 0.1) is 0 Å². The van der Waals surface area contributed by atoms with E-state index in [0.29, 0.717) is 5.82 Å². The largest absolute Gasteiger partial charge is 0.383 e. The molecule has 0 spiro atoms. The molecule has 0 radical (unpaired) electrons. The van der Waals surface area contributed by atoms with E-state index in [1.165, 1.54) is 0 Å². The highest BCUT2D eigenvalue weighted by molar-refractivity contribution is 5.86. The van der Waals surface area contributed by atoms with Crippen LogP contribution in [-0.2, 0) is 17.0 Å². The Kier molecular flexibility index (Phi) is 9.58. The summed E-state index contributed by atoms with van der Waals surface area (Å²) in [6.07, 6.45) is 0. The van der Waals surface area contributed by atoms with Crippen molar-refractivity contribution in [1.82, 2.24) is 0 Å². The van der Waals surface area contributed by atoms with Gasteiger partial charge >= 0.3 is 0 Å². The predicted octanol–water partition coefficient (Wildman–Crippen LogP) is 12.8. The third-order valence-electron chi connectivity index (χ3n) is 12.9. The SMILES string of the molecule is NC1=C2N(c3ccccc3)C(c3ccccc3)(c3ccccc3)N(c3ccccc3)C2(c2ccccc2)N(c2ccccc2)C(c2ccccc2)(c2ccccc2)N1c1ccccc1. The Bertz CT molecular complexity index is 2910. The number of benzene rings is 9. The second-order valence-corrected chi connectivity index (χ2v) is 16.3. The quantitative estimate of drug-likeness (QED) is 0.157. The molecular weight excluding hydrogens is 779 g/mol. The van der Waals surface area contributed by atoms with Crippen molar-refractivity contribution >= 4 is 22.7 Å². The van der Waals surface area contributed by atoms with E-state index in [-0.39, 0.29) is 0 Å². The van der Waals surface area contributed by atoms with Crippen molar-refractivity contribution in [2.75, 3.05) is 19.6 Å². The fourth-order valence-electron chi connectivity index (χ4n) is 10.7. The molecule has 9 aromatic carbocycles. The molecule has 0 saturated carbocycles. The summed E-state index contributed by atoms with van der Waals surface area (Å²) in [5.41, 5.74) is 15.1. The second kappa shape index (κ2) is 15.9. The van der Waals surface area contributed by atoms with E-state index < -0.39 is 17.0 Å². The molecule has 1 fully saturated rings. The van der Waals surface area contributed by atoms with Crippen LogP contribution < -0.4 is 25.3 Å². The Labute approximate surface area is 375 Å². The molecule has 1 unspecified atom stereocenters. The van der Waals surface area contributed by atoms with E-state index in [1.54, 1.807) is 0 Å². The first-order chi connectivity index (χ1) is 31.7. The monoisotopic (exact) mass is 825 g/mol. The molecule has 2 N–H and O–H groups in total. The van der Waals surface area contributed by atoms with Gasteiger partial charge in [0, 0.05) is 50.6 Å². The van der Waals surface area contributed by atoms with E-state index in [4.69, 9.17) is 5.73 Å². The molecule has 0 bridgehead atoms. The van der Waals surface area contributed by atoms with E-state index in [1.807, 2.05) is 0 Å². The number of hydrogen-bond acceptors (Lipinski definition) is 5.